The third kappa shape index (κ3) is 3.87. The van der Waals surface area contributed by atoms with Crippen molar-refractivity contribution in [3.05, 3.63) is 72.6 Å². The molecule has 5 rings (SSSR count). The Morgan fingerprint density at radius 1 is 1.12 bits per heavy atom. The lowest BCUT2D eigenvalue weighted by molar-refractivity contribution is 0.0760. The second-order valence-electron chi connectivity index (χ2n) is 7.60. The van der Waals surface area contributed by atoms with Crippen LogP contribution in [0.1, 0.15) is 23.8 Å². The molecule has 0 aliphatic carbocycles. The van der Waals surface area contributed by atoms with Gasteiger partial charge in [-0.25, -0.2) is 0 Å². The zero-order chi connectivity index (χ0) is 21.9. The molecule has 1 unspecified atom stereocenters. The number of likely N-dealkylation sites (tertiary alicyclic amines) is 1. The van der Waals surface area contributed by atoms with Gasteiger partial charge in [0.05, 0.1) is 12.1 Å². The largest absolute Gasteiger partial charge is 0.488 e. The fourth-order valence-electron chi connectivity index (χ4n) is 3.90. The van der Waals surface area contributed by atoms with Crippen LogP contribution in [0.2, 0.25) is 0 Å². The van der Waals surface area contributed by atoms with Gasteiger partial charge in [-0.15, -0.1) is 0 Å². The molecular weight excluding hydrogens is 406 g/mol. The van der Waals surface area contributed by atoms with E-state index in [4.69, 9.17) is 9.26 Å². The van der Waals surface area contributed by atoms with Gasteiger partial charge >= 0.3 is 0 Å². The van der Waals surface area contributed by atoms with E-state index in [0.717, 1.165) is 17.5 Å². The van der Waals surface area contributed by atoms with Crippen molar-refractivity contribution < 1.29 is 14.1 Å². The predicted octanol–water partition coefficient (Wildman–Crippen LogP) is 3.91. The van der Waals surface area contributed by atoms with Crippen molar-refractivity contribution >= 4 is 5.91 Å². The average molecular weight is 429 g/mol. The van der Waals surface area contributed by atoms with Crippen molar-refractivity contribution in [1.29, 1.82) is 0 Å². The molecule has 32 heavy (non-hydrogen) atoms. The molecule has 1 fully saturated rings. The first-order valence-corrected chi connectivity index (χ1v) is 10.7. The Morgan fingerprint density at radius 3 is 2.78 bits per heavy atom. The molecule has 0 saturated carbocycles. The number of benzene rings is 2. The molecule has 4 aromatic rings. The Kier molecular flexibility index (Phi) is 5.41. The first-order valence-electron chi connectivity index (χ1n) is 10.7. The van der Waals surface area contributed by atoms with Crippen LogP contribution in [0.3, 0.4) is 0 Å². The van der Waals surface area contributed by atoms with Crippen LogP contribution in [-0.2, 0) is 6.54 Å². The van der Waals surface area contributed by atoms with Gasteiger partial charge in [0.15, 0.2) is 0 Å². The molecule has 0 spiro atoms. The Hall–Kier alpha value is -3.94. The van der Waals surface area contributed by atoms with Gasteiger partial charge in [-0.05, 0) is 25.1 Å². The van der Waals surface area contributed by atoms with Crippen LogP contribution < -0.4 is 4.74 Å². The van der Waals surface area contributed by atoms with Gasteiger partial charge < -0.3 is 14.2 Å². The number of nitrogens with zero attached hydrogens (tertiary/aromatic N) is 5. The number of para-hydroxylation sites is 1. The van der Waals surface area contributed by atoms with Crippen molar-refractivity contribution in [2.24, 2.45) is 0 Å². The summed E-state index contributed by atoms with van der Waals surface area (Å²) in [5, 5.41) is 8.31. The van der Waals surface area contributed by atoms with Crippen LogP contribution in [0.5, 0.6) is 5.75 Å². The maximum Gasteiger partial charge on any atom is 0.272 e. The maximum atomic E-state index is 12.9. The van der Waals surface area contributed by atoms with Crippen molar-refractivity contribution in [2.45, 2.75) is 26.0 Å². The van der Waals surface area contributed by atoms with E-state index in [0.29, 0.717) is 42.8 Å². The number of aryl methyl sites for hydroxylation is 1. The quantitative estimate of drug-likeness (QED) is 0.462. The normalized spacial score (nSPS) is 15.8. The lowest BCUT2D eigenvalue weighted by Gasteiger charge is -2.18. The lowest BCUT2D eigenvalue weighted by Crippen LogP contribution is -2.32. The van der Waals surface area contributed by atoms with Crippen LogP contribution in [0.4, 0.5) is 0 Å². The van der Waals surface area contributed by atoms with Crippen LogP contribution in [0, 0.1) is 0 Å². The number of amides is 1. The Labute approximate surface area is 185 Å². The summed E-state index contributed by atoms with van der Waals surface area (Å²) in [6, 6.07) is 19.0. The number of rotatable bonds is 6. The van der Waals surface area contributed by atoms with Crippen molar-refractivity contribution in [3.63, 3.8) is 0 Å². The minimum atomic E-state index is -0.116. The number of ether oxygens (including phenoxy) is 1. The van der Waals surface area contributed by atoms with Crippen LogP contribution in [0.15, 0.2) is 71.4 Å². The van der Waals surface area contributed by atoms with Gasteiger partial charge in [0.25, 0.3) is 11.8 Å². The van der Waals surface area contributed by atoms with Gasteiger partial charge in [0.1, 0.15) is 17.5 Å². The van der Waals surface area contributed by atoms with Gasteiger partial charge in [-0.3, -0.25) is 9.48 Å². The standard InChI is InChI=1S/C24H23N5O3/c1-2-29-20(12-14-25-29)24(30)28-15-13-18(16-28)31-21-11-7-6-10-19(21)23-26-22(27-32-23)17-8-4-3-5-9-17/h3-12,14,18H,2,13,15-16H2,1H3. The van der Waals surface area contributed by atoms with Crippen molar-refractivity contribution in [3.8, 4) is 28.6 Å². The molecule has 0 bridgehead atoms. The molecule has 1 atom stereocenters. The Balaban J connectivity index is 1.31. The number of hydrogen-bond acceptors (Lipinski definition) is 6. The van der Waals surface area contributed by atoms with Gasteiger partial charge in [-0.1, -0.05) is 47.6 Å². The maximum absolute atomic E-state index is 12.9. The highest BCUT2D eigenvalue weighted by Crippen LogP contribution is 2.32. The molecule has 3 heterocycles. The molecule has 1 aliphatic rings. The van der Waals surface area contributed by atoms with Gasteiger partial charge in [0.2, 0.25) is 5.82 Å². The van der Waals surface area contributed by atoms with Gasteiger partial charge in [0, 0.05) is 31.3 Å². The molecule has 1 aliphatic heterocycles. The van der Waals surface area contributed by atoms with Crippen molar-refractivity contribution in [2.75, 3.05) is 13.1 Å². The second kappa shape index (κ2) is 8.66. The lowest BCUT2D eigenvalue weighted by atomic mass is 10.2. The fraction of sp³-hybridized carbons (Fsp3) is 0.250. The molecule has 2 aromatic carbocycles. The number of hydrogen-bond donors (Lipinski definition) is 0. The molecule has 0 N–H and O–H groups in total. The summed E-state index contributed by atoms with van der Waals surface area (Å²) in [7, 11) is 0. The Morgan fingerprint density at radius 2 is 1.94 bits per heavy atom. The van der Waals surface area contributed by atoms with Crippen LogP contribution in [-0.4, -0.2) is 49.9 Å². The summed E-state index contributed by atoms with van der Waals surface area (Å²) < 4.78 is 13.5. The summed E-state index contributed by atoms with van der Waals surface area (Å²) in [4.78, 5) is 19.3. The van der Waals surface area contributed by atoms with Crippen LogP contribution in [0.25, 0.3) is 22.8 Å². The van der Waals surface area contributed by atoms with Gasteiger partial charge in [-0.2, -0.15) is 10.1 Å². The van der Waals surface area contributed by atoms with E-state index in [1.54, 1.807) is 16.9 Å². The van der Waals surface area contributed by atoms with E-state index in [-0.39, 0.29) is 12.0 Å². The summed E-state index contributed by atoms with van der Waals surface area (Å²) >= 11 is 0. The Bertz CT molecular complexity index is 1220. The first-order chi connectivity index (χ1) is 15.7. The molecule has 8 heteroatoms. The third-order valence-corrected chi connectivity index (χ3v) is 5.54. The van der Waals surface area contributed by atoms with E-state index in [9.17, 15) is 4.79 Å². The molecule has 8 nitrogen and oxygen atoms in total. The smallest absolute Gasteiger partial charge is 0.272 e. The SMILES string of the molecule is CCn1nccc1C(=O)N1CCC(Oc2ccccc2-c2nc(-c3ccccc3)no2)C1. The van der Waals surface area contributed by atoms with E-state index in [1.165, 1.54) is 0 Å². The molecular formula is C24H23N5O3. The minimum Gasteiger partial charge on any atom is -0.488 e. The number of aromatic nitrogens is 4. The molecule has 162 valence electrons. The van der Waals surface area contributed by atoms with Crippen LogP contribution >= 0.6 is 0 Å². The minimum absolute atomic E-state index is 0.0202. The van der Waals surface area contributed by atoms with E-state index >= 15 is 0 Å². The topological polar surface area (TPSA) is 86.3 Å². The highest BCUT2D eigenvalue weighted by Gasteiger charge is 2.30. The van der Waals surface area contributed by atoms with E-state index in [2.05, 4.69) is 15.2 Å². The highest BCUT2D eigenvalue weighted by atomic mass is 16.5. The summed E-state index contributed by atoms with van der Waals surface area (Å²) in [6.07, 6.45) is 2.29. The summed E-state index contributed by atoms with van der Waals surface area (Å²) in [5.74, 6) is 1.57. The third-order valence-electron chi connectivity index (χ3n) is 5.54. The zero-order valence-corrected chi connectivity index (χ0v) is 17.7. The molecule has 1 saturated heterocycles. The number of carbonyl (C=O) groups is 1. The molecule has 1 amide bonds. The van der Waals surface area contributed by atoms with E-state index in [1.807, 2.05) is 66.4 Å². The summed E-state index contributed by atoms with van der Waals surface area (Å²) in [6.45, 7) is 3.78. The molecule has 0 radical (unpaired) electrons. The van der Waals surface area contributed by atoms with E-state index < -0.39 is 0 Å². The second-order valence-corrected chi connectivity index (χ2v) is 7.60. The van der Waals surface area contributed by atoms with Crippen molar-refractivity contribution in [1.82, 2.24) is 24.8 Å². The number of carbonyl (C=O) groups excluding carboxylic acids is 1. The predicted molar refractivity (Wildman–Crippen MR) is 118 cm³/mol. The molecule has 2 aromatic heterocycles. The highest BCUT2D eigenvalue weighted by molar-refractivity contribution is 5.92. The monoisotopic (exact) mass is 429 g/mol. The zero-order valence-electron chi connectivity index (χ0n) is 17.7. The fourth-order valence-corrected chi connectivity index (χ4v) is 3.90. The first kappa shape index (κ1) is 20.0. The average Bonchev–Trinajstić information content (AvgIpc) is 3.60. The summed E-state index contributed by atoms with van der Waals surface area (Å²) in [5.41, 5.74) is 2.22.